The fourth-order valence-electron chi connectivity index (χ4n) is 3.66. The Morgan fingerprint density at radius 2 is 1.68 bits per heavy atom. The number of benzene rings is 3. The molecule has 0 atom stereocenters. The highest BCUT2D eigenvalue weighted by molar-refractivity contribution is 7.92. The van der Waals surface area contributed by atoms with Crippen LogP contribution >= 0.6 is 11.3 Å². The highest BCUT2D eigenvalue weighted by Crippen LogP contribution is 2.31. The molecule has 0 unspecified atom stereocenters. The molecule has 10 heteroatoms. The summed E-state index contributed by atoms with van der Waals surface area (Å²) in [5.41, 5.74) is 2.26. The van der Waals surface area contributed by atoms with E-state index in [0.717, 1.165) is 15.9 Å². The van der Waals surface area contributed by atoms with Gasteiger partial charge in [-0.25, -0.2) is 13.4 Å². The molecule has 0 bridgehead atoms. The normalized spacial score (nSPS) is 11.3. The molecule has 37 heavy (non-hydrogen) atoms. The molecule has 0 saturated heterocycles. The molecule has 8 nitrogen and oxygen atoms in total. The number of amides is 1. The number of fused-ring (bicyclic) bond motifs is 1. The second kappa shape index (κ2) is 10.4. The number of carbonyl (C=O) groups is 1. The topological polar surface area (TPSA) is 101 Å². The van der Waals surface area contributed by atoms with Crippen molar-refractivity contribution in [3.63, 3.8) is 0 Å². The number of rotatable bonds is 8. The standard InChI is InChI=1S/C27H22N4O4S2/c1-35-22-13-15-23(16-14-22)37(33,34)30-20-11-9-19(10-12-20)26(32)31(18-21-6-4-5-17-28-21)27-29-24-7-2-3-8-25(24)36-27/h2-17,30H,18H2,1H3. The predicted octanol–water partition coefficient (Wildman–Crippen LogP) is 5.35. The molecule has 2 heterocycles. The van der Waals surface area contributed by atoms with Gasteiger partial charge in [0.05, 0.1) is 34.5 Å². The molecule has 5 rings (SSSR count). The van der Waals surface area contributed by atoms with Crippen LogP contribution in [0.4, 0.5) is 10.8 Å². The Kier molecular flexibility index (Phi) is 6.85. The lowest BCUT2D eigenvalue weighted by molar-refractivity contribution is 0.0985. The summed E-state index contributed by atoms with van der Waals surface area (Å²) in [4.78, 5) is 24.3. The van der Waals surface area contributed by atoms with Crippen LogP contribution in [0.25, 0.3) is 10.2 Å². The number of hydrogen-bond donors (Lipinski definition) is 1. The molecule has 3 aromatic carbocycles. The molecule has 0 aliphatic heterocycles. The maximum Gasteiger partial charge on any atom is 0.261 e. The van der Waals surface area contributed by atoms with Gasteiger partial charge in [0.15, 0.2) is 5.13 Å². The van der Waals surface area contributed by atoms with E-state index in [-0.39, 0.29) is 17.3 Å². The second-order valence-electron chi connectivity index (χ2n) is 8.03. The maximum atomic E-state index is 13.6. The number of carbonyl (C=O) groups excluding carboxylic acids is 1. The number of anilines is 2. The lowest BCUT2D eigenvalue weighted by Crippen LogP contribution is -2.30. The van der Waals surface area contributed by atoms with E-state index in [4.69, 9.17) is 4.74 Å². The number of nitrogens with one attached hydrogen (secondary N) is 1. The van der Waals surface area contributed by atoms with Crippen molar-refractivity contribution in [3.05, 3.63) is 108 Å². The van der Waals surface area contributed by atoms with E-state index >= 15 is 0 Å². The van der Waals surface area contributed by atoms with Crippen molar-refractivity contribution in [1.29, 1.82) is 0 Å². The third kappa shape index (κ3) is 5.45. The molecule has 5 aromatic rings. The summed E-state index contributed by atoms with van der Waals surface area (Å²) in [5, 5.41) is 0.557. The van der Waals surface area contributed by atoms with Crippen molar-refractivity contribution in [1.82, 2.24) is 9.97 Å². The number of nitrogens with zero attached hydrogens (tertiary/aromatic N) is 3. The Balaban J connectivity index is 1.40. The smallest absolute Gasteiger partial charge is 0.261 e. The van der Waals surface area contributed by atoms with E-state index in [2.05, 4.69) is 14.7 Å². The summed E-state index contributed by atoms with van der Waals surface area (Å²) in [6.45, 7) is 0.241. The molecule has 0 aliphatic rings. The highest BCUT2D eigenvalue weighted by atomic mass is 32.2. The molecule has 1 amide bonds. The molecule has 0 aliphatic carbocycles. The fraction of sp³-hybridized carbons (Fsp3) is 0.0741. The summed E-state index contributed by atoms with van der Waals surface area (Å²) in [6.07, 6.45) is 1.68. The quantitative estimate of drug-likeness (QED) is 0.290. The molecule has 2 aromatic heterocycles. The van der Waals surface area contributed by atoms with Gasteiger partial charge in [-0.3, -0.25) is 19.4 Å². The summed E-state index contributed by atoms with van der Waals surface area (Å²) in [7, 11) is -2.29. The van der Waals surface area contributed by atoms with E-state index < -0.39 is 10.0 Å². The average molecular weight is 531 g/mol. The largest absolute Gasteiger partial charge is 0.497 e. The minimum Gasteiger partial charge on any atom is -0.497 e. The van der Waals surface area contributed by atoms with Gasteiger partial charge in [-0.05, 0) is 72.8 Å². The van der Waals surface area contributed by atoms with E-state index in [9.17, 15) is 13.2 Å². The number of hydrogen-bond acceptors (Lipinski definition) is 7. The fourth-order valence-corrected chi connectivity index (χ4v) is 5.68. The monoisotopic (exact) mass is 530 g/mol. The number of pyridine rings is 1. The third-order valence-electron chi connectivity index (χ3n) is 5.56. The van der Waals surface area contributed by atoms with Crippen LogP contribution in [0.1, 0.15) is 16.1 Å². The van der Waals surface area contributed by atoms with Crippen LogP contribution < -0.4 is 14.4 Å². The Morgan fingerprint density at radius 1 is 0.946 bits per heavy atom. The van der Waals surface area contributed by atoms with Crippen LogP contribution in [-0.2, 0) is 16.6 Å². The van der Waals surface area contributed by atoms with Gasteiger partial charge in [0.25, 0.3) is 15.9 Å². The molecule has 0 spiro atoms. The van der Waals surface area contributed by atoms with Crippen molar-refractivity contribution < 1.29 is 17.9 Å². The molecule has 1 N–H and O–H groups in total. The van der Waals surface area contributed by atoms with Gasteiger partial charge in [-0.1, -0.05) is 29.5 Å². The van der Waals surface area contributed by atoms with Gasteiger partial charge < -0.3 is 4.74 Å². The van der Waals surface area contributed by atoms with Crippen molar-refractivity contribution >= 4 is 48.3 Å². The number of aromatic nitrogens is 2. The number of ether oxygens (including phenoxy) is 1. The first-order valence-electron chi connectivity index (χ1n) is 11.3. The van der Waals surface area contributed by atoms with Crippen LogP contribution in [0, 0.1) is 0 Å². The summed E-state index contributed by atoms with van der Waals surface area (Å²) >= 11 is 1.42. The van der Waals surface area contributed by atoms with Gasteiger partial charge in [0.1, 0.15) is 5.75 Å². The number of methoxy groups -OCH3 is 1. The van der Waals surface area contributed by atoms with E-state index in [1.54, 1.807) is 47.5 Å². The van der Waals surface area contributed by atoms with E-state index in [0.29, 0.717) is 22.1 Å². The van der Waals surface area contributed by atoms with E-state index in [1.165, 1.54) is 30.6 Å². The van der Waals surface area contributed by atoms with Gasteiger partial charge in [-0.2, -0.15) is 0 Å². The summed E-state index contributed by atoms with van der Waals surface area (Å²) < 4.78 is 34.1. The van der Waals surface area contributed by atoms with Crippen molar-refractivity contribution in [2.75, 3.05) is 16.7 Å². The van der Waals surface area contributed by atoms with Crippen LogP contribution in [0.5, 0.6) is 5.75 Å². The highest BCUT2D eigenvalue weighted by Gasteiger charge is 2.23. The minimum atomic E-state index is -3.80. The molecular formula is C27H22N4O4S2. The lowest BCUT2D eigenvalue weighted by atomic mass is 10.2. The molecule has 0 radical (unpaired) electrons. The van der Waals surface area contributed by atoms with Gasteiger partial charge in [0.2, 0.25) is 0 Å². The Labute approximate surface area is 218 Å². The molecule has 0 saturated carbocycles. The summed E-state index contributed by atoms with van der Waals surface area (Å²) in [5.74, 6) is 0.291. The van der Waals surface area contributed by atoms with Gasteiger partial charge >= 0.3 is 0 Å². The number of sulfonamides is 1. The van der Waals surface area contributed by atoms with Crippen molar-refractivity contribution in [2.45, 2.75) is 11.4 Å². The first-order chi connectivity index (χ1) is 17.9. The second-order valence-corrected chi connectivity index (χ2v) is 10.7. The average Bonchev–Trinajstić information content (AvgIpc) is 3.36. The zero-order valence-corrected chi connectivity index (χ0v) is 21.4. The van der Waals surface area contributed by atoms with Gasteiger partial charge in [0, 0.05) is 17.4 Å². The minimum absolute atomic E-state index is 0.103. The summed E-state index contributed by atoms with van der Waals surface area (Å²) in [6, 6.07) is 25.6. The van der Waals surface area contributed by atoms with Crippen molar-refractivity contribution in [2.24, 2.45) is 0 Å². The first kappa shape index (κ1) is 24.4. The zero-order chi connectivity index (χ0) is 25.8. The third-order valence-corrected chi connectivity index (χ3v) is 8.02. The lowest BCUT2D eigenvalue weighted by Gasteiger charge is -2.20. The van der Waals surface area contributed by atoms with Crippen LogP contribution in [0.15, 0.2) is 102 Å². The van der Waals surface area contributed by atoms with Gasteiger partial charge in [-0.15, -0.1) is 0 Å². The molecular weight excluding hydrogens is 508 g/mol. The number of para-hydroxylation sites is 1. The van der Waals surface area contributed by atoms with Crippen molar-refractivity contribution in [3.8, 4) is 5.75 Å². The van der Waals surface area contributed by atoms with Crippen LogP contribution in [-0.4, -0.2) is 31.4 Å². The zero-order valence-electron chi connectivity index (χ0n) is 19.7. The Bertz CT molecular complexity index is 1600. The molecule has 186 valence electrons. The van der Waals surface area contributed by atoms with Crippen LogP contribution in [0.3, 0.4) is 0 Å². The Morgan fingerprint density at radius 3 is 2.35 bits per heavy atom. The molecule has 0 fully saturated rings. The first-order valence-corrected chi connectivity index (χ1v) is 13.6. The number of thiazole rings is 1. The Hall–Kier alpha value is -4.28. The van der Waals surface area contributed by atoms with Crippen LogP contribution in [0.2, 0.25) is 0 Å². The predicted molar refractivity (Wildman–Crippen MR) is 145 cm³/mol. The maximum absolute atomic E-state index is 13.6. The van der Waals surface area contributed by atoms with E-state index in [1.807, 2.05) is 42.5 Å². The SMILES string of the molecule is COc1ccc(S(=O)(=O)Nc2ccc(C(=O)N(Cc3ccccn3)c3nc4ccccc4s3)cc2)cc1.